The first-order chi connectivity index (χ1) is 7.72. The summed E-state index contributed by atoms with van der Waals surface area (Å²) in [6.07, 6.45) is 7.95. The van der Waals surface area contributed by atoms with Crippen molar-refractivity contribution in [2.75, 3.05) is 0 Å². The fourth-order valence-electron chi connectivity index (χ4n) is 0.359. The Morgan fingerprint density at radius 2 is 1.06 bits per heavy atom. The number of hydrogen-bond acceptors (Lipinski definition) is 0. The Kier molecular flexibility index (Phi) is 118. The summed E-state index contributed by atoms with van der Waals surface area (Å²) < 4.78 is 0. The highest BCUT2D eigenvalue weighted by atomic mass is 13.8. The first kappa shape index (κ1) is 29.5. The molecule has 0 bridgehead atoms. The monoisotopic (exact) mass is 228 g/mol. The van der Waals surface area contributed by atoms with Crippen LogP contribution in [0.3, 0.4) is 0 Å². The van der Waals surface area contributed by atoms with Gasteiger partial charge in [0.05, 0.1) is 0 Å². The van der Waals surface area contributed by atoms with Crippen LogP contribution in [0.5, 0.6) is 0 Å². The van der Waals surface area contributed by atoms with E-state index in [1.807, 2.05) is 68.4 Å². The summed E-state index contributed by atoms with van der Waals surface area (Å²) in [6, 6.07) is 0. The molecule has 0 radical (unpaired) electrons. The number of allylic oxidation sites excluding steroid dienone is 5. The maximum absolute atomic E-state index is 3.36. The average molecular weight is 228 g/mol. The molecule has 0 aromatic carbocycles. The van der Waals surface area contributed by atoms with Gasteiger partial charge in [-0.1, -0.05) is 71.4 Å². The van der Waals surface area contributed by atoms with E-state index >= 15 is 0 Å². The normalized spacial score (nSPS) is 7.75. The second-order valence-electron chi connectivity index (χ2n) is 1.94. The van der Waals surface area contributed by atoms with E-state index in [2.05, 4.69) is 25.7 Å². The Balaban J connectivity index is -0.0000000379. The minimum absolute atomic E-state index is 1.32. The highest BCUT2D eigenvalue weighted by Crippen LogP contribution is 1.91. The molecule has 100 valence electrons. The summed E-state index contributed by atoms with van der Waals surface area (Å²) >= 11 is 0. The van der Waals surface area contributed by atoms with Crippen molar-refractivity contribution in [1.82, 2.24) is 0 Å². The molecule has 0 saturated heterocycles. The second-order valence-corrected chi connectivity index (χ2v) is 1.94. The maximum atomic E-state index is 3.36. The van der Waals surface area contributed by atoms with Gasteiger partial charge in [-0.25, -0.2) is 0 Å². The number of rotatable bonds is 1. The van der Waals surface area contributed by atoms with E-state index < -0.39 is 0 Å². The van der Waals surface area contributed by atoms with Gasteiger partial charge in [-0.3, -0.25) is 0 Å². The molecule has 0 heteroatoms. The highest BCUT2D eigenvalue weighted by Gasteiger charge is 1.69. The topological polar surface area (TPSA) is 0 Å². The molecular formula is C16H36. The smallest absolute Gasteiger partial charge is 0.0401 e. The van der Waals surface area contributed by atoms with E-state index in [4.69, 9.17) is 0 Å². The minimum Gasteiger partial charge on any atom is -0.103 e. The Labute approximate surface area is 106 Å². The van der Waals surface area contributed by atoms with Gasteiger partial charge in [0.15, 0.2) is 0 Å². The van der Waals surface area contributed by atoms with Gasteiger partial charge in [0.1, 0.15) is 0 Å². The molecule has 0 nitrogen and oxygen atoms in total. The first-order valence-corrected chi connectivity index (χ1v) is 6.55. The van der Waals surface area contributed by atoms with Crippen molar-refractivity contribution in [3.05, 3.63) is 36.5 Å². The van der Waals surface area contributed by atoms with Gasteiger partial charge in [-0.15, -0.1) is 6.58 Å². The lowest BCUT2D eigenvalue weighted by Crippen LogP contribution is -1.60. The highest BCUT2D eigenvalue weighted by molar-refractivity contribution is 5.13. The summed E-state index contributed by atoms with van der Waals surface area (Å²) in [5, 5.41) is 0. The zero-order valence-corrected chi connectivity index (χ0v) is 13.5. The molecule has 0 N–H and O–H groups in total. The molecule has 0 aliphatic rings. The van der Waals surface area contributed by atoms with Gasteiger partial charge in [0.25, 0.3) is 0 Å². The Morgan fingerprint density at radius 1 is 0.812 bits per heavy atom. The molecule has 0 fully saturated rings. The SMILES string of the molecule is C/C=C\C(C)=C/C.C=CC.CC.CC.CC. The van der Waals surface area contributed by atoms with Crippen molar-refractivity contribution in [2.45, 2.75) is 69.2 Å². The average Bonchev–Trinajstić information content (AvgIpc) is 2.38. The van der Waals surface area contributed by atoms with Crippen molar-refractivity contribution in [3.8, 4) is 0 Å². The quantitative estimate of drug-likeness (QED) is 0.342. The fraction of sp³-hybridized carbons (Fsp3) is 0.625. The molecule has 0 aliphatic heterocycles. The molecule has 0 atom stereocenters. The fourth-order valence-corrected chi connectivity index (χ4v) is 0.359. The molecule has 16 heavy (non-hydrogen) atoms. The van der Waals surface area contributed by atoms with E-state index in [1.54, 1.807) is 6.08 Å². The standard InChI is InChI=1S/C7H12.C3H6.3C2H6/c1-4-6-7(3)5-2;1-3-2;3*1-2/h4-6H,1-3H3;3H,1H2,2H3;3*1-2H3/b6-4-,7-5-;;;;. The van der Waals surface area contributed by atoms with Gasteiger partial charge in [0, 0.05) is 0 Å². The molecule has 0 saturated carbocycles. The summed E-state index contributed by atoms with van der Waals surface area (Å²) in [5.74, 6) is 0. The molecule has 0 amide bonds. The minimum atomic E-state index is 1.32. The Bertz CT molecular complexity index is 116. The van der Waals surface area contributed by atoms with Crippen molar-refractivity contribution in [2.24, 2.45) is 0 Å². The van der Waals surface area contributed by atoms with Crippen LogP contribution in [0, 0.1) is 0 Å². The molecule has 0 aliphatic carbocycles. The molecule has 0 aromatic rings. The van der Waals surface area contributed by atoms with Crippen LogP contribution in [-0.2, 0) is 0 Å². The van der Waals surface area contributed by atoms with E-state index in [-0.39, 0.29) is 0 Å². The van der Waals surface area contributed by atoms with Crippen molar-refractivity contribution < 1.29 is 0 Å². The van der Waals surface area contributed by atoms with Gasteiger partial charge in [0.2, 0.25) is 0 Å². The van der Waals surface area contributed by atoms with Crippen molar-refractivity contribution in [1.29, 1.82) is 0 Å². The first-order valence-electron chi connectivity index (χ1n) is 6.55. The van der Waals surface area contributed by atoms with Gasteiger partial charge in [-0.2, -0.15) is 0 Å². The summed E-state index contributed by atoms with van der Waals surface area (Å²) in [4.78, 5) is 0. The zero-order chi connectivity index (χ0) is 14.4. The predicted molar refractivity (Wildman–Crippen MR) is 84.2 cm³/mol. The lowest BCUT2D eigenvalue weighted by Gasteiger charge is -1.81. The maximum Gasteiger partial charge on any atom is -0.0401 e. The van der Waals surface area contributed by atoms with Gasteiger partial charge >= 0.3 is 0 Å². The van der Waals surface area contributed by atoms with Crippen LogP contribution < -0.4 is 0 Å². The van der Waals surface area contributed by atoms with Crippen molar-refractivity contribution >= 4 is 0 Å². The van der Waals surface area contributed by atoms with Crippen LogP contribution in [-0.4, -0.2) is 0 Å². The number of hydrogen-bond donors (Lipinski definition) is 0. The van der Waals surface area contributed by atoms with Crippen LogP contribution in [0.2, 0.25) is 0 Å². The summed E-state index contributed by atoms with van der Waals surface area (Å²) in [5.41, 5.74) is 1.32. The van der Waals surface area contributed by atoms with Gasteiger partial charge < -0.3 is 0 Å². The summed E-state index contributed by atoms with van der Waals surface area (Å²) in [6.45, 7) is 23.4. The van der Waals surface area contributed by atoms with Crippen LogP contribution in [0.15, 0.2) is 36.5 Å². The van der Waals surface area contributed by atoms with E-state index in [9.17, 15) is 0 Å². The van der Waals surface area contributed by atoms with Gasteiger partial charge in [-0.05, 0) is 27.7 Å². The predicted octanol–water partition coefficient (Wildman–Crippen LogP) is 6.80. The molecule has 0 rings (SSSR count). The third-order valence-corrected chi connectivity index (χ3v) is 0.885. The third kappa shape index (κ3) is 111. The molecular weight excluding hydrogens is 192 g/mol. The van der Waals surface area contributed by atoms with E-state index in [1.165, 1.54) is 5.57 Å². The second kappa shape index (κ2) is 64.2. The van der Waals surface area contributed by atoms with Crippen LogP contribution in [0.1, 0.15) is 69.2 Å². The van der Waals surface area contributed by atoms with Crippen LogP contribution >= 0.6 is 0 Å². The van der Waals surface area contributed by atoms with Crippen molar-refractivity contribution in [3.63, 3.8) is 0 Å². The van der Waals surface area contributed by atoms with E-state index in [0.717, 1.165) is 0 Å². The van der Waals surface area contributed by atoms with Crippen LogP contribution in [0.4, 0.5) is 0 Å². The largest absolute Gasteiger partial charge is 0.103 e. The Hall–Kier alpha value is -0.780. The lowest BCUT2D eigenvalue weighted by molar-refractivity contribution is 1.46. The molecule has 0 heterocycles. The summed E-state index contributed by atoms with van der Waals surface area (Å²) in [7, 11) is 0. The van der Waals surface area contributed by atoms with E-state index in [0.29, 0.717) is 0 Å². The molecule has 0 spiro atoms. The molecule has 0 unspecified atom stereocenters. The van der Waals surface area contributed by atoms with Crippen LogP contribution in [0.25, 0.3) is 0 Å². The third-order valence-electron chi connectivity index (χ3n) is 0.885. The molecule has 0 aromatic heterocycles. The lowest BCUT2D eigenvalue weighted by atomic mass is 10.3. The zero-order valence-electron chi connectivity index (χ0n) is 13.5. The Morgan fingerprint density at radius 3 is 1.12 bits per heavy atom.